The van der Waals surface area contributed by atoms with E-state index in [1.165, 1.54) is 15.5 Å². The molecule has 0 spiro atoms. The predicted octanol–water partition coefficient (Wildman–Crippen LogP) is 0.125. The van der Waals surface area contributed by atoms with Crippen LogP contribution in [0.2, 0.25) is 0 Å². The Balaban J connectivity index is 2.81. The van der Waals surface area contributed by atoms with Crippen LogP contribution in [-0.2, 0) is 34.2 Å². The minimum atomic E-state index is -3.43. The first kappa shape index (κ1) is 19.3. The van der Waals surface area contributed by atoms with Gasteiger partial charge < -0.3 is 9.64 Å². The monoisotopic (exact) mass is 357 g/mol. The van der Waals surface area contributed by atoms with Gasteiger partial charge in [0.2, 0.25) is 21.1 Å². The molecule has 2 unspecified atom stereocenters. The third-order valence-corrected chi connectivity index (χ3v) is 4.80. The molecule has 0 aromatic carbocycles. The van der Waals surface area contributed by atoms with Crippen molar-refractivity contribution < 1.29 is 26.3 Å². The molecule has 8 nitrogen and oxygen atoms in total. The van der Waals surface area contributed by atoms with Crippen molar-refractivity contribution in [3.63, 3.8) is 0 Å². The summed E-state index contributed by atoms with van der Waals surface area (Å²) in [6.07, 6.45) is 2.01. The lowest BCUT2D eigenvalue weighted by molar-refractivity contribution is 0.0103. The van der Waals surface area contributed by atoms with Gasteiger partial charge in [0.05, 0.1) is 12.3 Å². The van der Waals surface area contributed by atoms with Gasteiger partial charge in [0.15, 0.2) is 0 Å². The summed E-state index contributed by atoms with van der Waals surface area (Å²) < 4.78 is 46.3. The number of piperazine rings is 1. The molecule has 10 heteroatoms. The van der Waals surface area contributed by atoms with Crippen molar-refractivity contribution in [3.8, 4) is 0 Å². The van der Waals surface area contributed by atoms with Gasteiger partial charge >= 0.3 is 6.09 Å². The zero-order chi connectivity index (χ0) is 17.1. The smallest absolute Gasteiger partial charge is 0.410 e. The topological polar surface area (TPSA) is 93.2 Å². The Hall–Kier alpha value is -0.710. The van der Waals surface area contributed by atoms with Crippen LogP contribution in [0, 0.1) is 0 Å². The van der Waals surface area contributed by atoms with Gasteiger partial charge in [-0.1, -0.05) is 4.21 Å². The summed E-state index contributed by atoms with van der Waals surface area (Å²) in [5, 5.41) is 0. The highest BCUT2D eigenvalue weighted by Gasteiger charge is 2.37. The second-order valence-corrected chi connectivity index (χ2v) is 9.26. The molecule has 0 N–H and O–H groups in total. The fourth-order valence-electron chi connectivity index (χ4n) is 2.09. The quantitative estimate of drug-likeness (QED) is 0.524. The maximum Gasteiger partial charge on any atom is 0.410 e. The number of nitrogens with zero attached hydrogens (tertiary/aromatic N) is 2. The summed E-state index contributed by atoms with van der Waals surface area (Å²) in [6, 6.07) is -0.574. The standard InChI is InChI=1S/C12H24N2O6S2/c1-12(2,3)20-11(15)13-6-7-14(22(5,17)18)10(8-13)9-19-21(4)16/h10H,6-9H2,1-5H3/p+1. The van der Waals surface area contributed by atoms with Gasteiger partial charge in [-0.25, -0.2) is 13.2 Å². The van der Waals surface area contributed by atoms with E-state index in [2.05, 4.69) is 0 Å². The molecule has 130 valence electrons. The van der Waals surface area contributed by atoms with Crippen LogP contribution in [0.15, 0.2) is 0 Å². The zero-order valence-corrected chi connectivity index (χ0v) is 15.3. The summed E-state index contributed by atoms with van der Waals surface area (Å²) in [5.41, 5.74) is -0.621. The lowest BCUT2D eigenvalue weighted by Crippen LogP contribution is -2.58. The molecular formula is C12H25N2O6S2+. The summed E-state index contributed by atoms with van der Waals surface area (Å²) in [7, 11) is -3.43. The first-order valence-corrected chi connectivity index (χ1v) is 10.4. The summed E-state index contributed by atoms with van der Waals surface area (Å²) in [5.74, 6) is 0. The molecule has 1 aliphatic heterocycles. The summed E-state index contributed by atoms with van der Waals surface area (Å²) in [4.78, 5) is 13.5. The number of hydrogen-bond donors (Lipinski definition) is 0. The highest BCUT2D eigenvalue weighted by molar-refractivity contribution is 7.88. The van der Waals surface area contributed by atoms with Crippen LogP contribution >= 0.6 is 0 Å². The van der Waals surface area contributed by atoms with Gasteiger partial charge in [-0.2, -0.15) is 8.49 Å². The van der Waals surface area contributed by atoms with Crippen LogP contribution in [0.5, 0.6) is 0 Å². The molecule has 1 fully saturated rings. The number of amides is 1. The van der Waals surface area contributed by atoms with E-state index >= 15 is 0 Å². The molecule has 1 aliphatic rings. The largest absolute Gasteiger partial charge is 0.444 e. The van der Waals surface area contributed by atoms with Gasteiger partial charge in [0, 0.05) is 19.6 Å². The van der Waals surface area contributed by atoms with E-state index < -0.39 is 38.8 Å². The number of thiol groups is 1. The van der Waals surface area contributed by atoms with Crippen molar-refractivity contribution in [3.05, 3.63) is 0 Å². The molecule has 0 aromatic heterocycles. The predicted molar refractivity (Wildman–Crippen MR) is 84.5 cm³/mol. The van der Waals surface area contributed by atoms with Crippen LogP contribution in [0.4, 0.5) is 4.79 Å². The first-order chi connectivity index (χ1) is 9.90. The SMILES string of the molecule is C[SH+](=O)OCC1CN(C(=O)OC(C)(C)C)CCN1S(C)(=O)=O. The van der Waals surface area contributed by atoms with E-state index in [1.54, 1.807) is 20.8 Å². The second kappa shape index (κ2) is 7.24. The Morgan fingerprint density at radius 2 is 1.91 bits per heavy atom. The molecular weight excluding hydrogens is 332 g/mol. The highest BCUT2D eigenvalue weighted by Crippen LogP contribution is 2.17. The molecule has 0 saturated carbocycles. The minimum absolute atomic E-state index is 0.0297. The van der Waals surface area contributed by atoms with Crippen LogP contribution in [0.1, 0.15) is 20.8 Å². The molecule has 1 amide bonds. The Bertz CT molecular complexity index is 528. The van der Waals surface area contributed by atoms with Crippen LogP contribution in [0.25, 0.3) is 0 Å². The molecule has 1 heterocycles. The molecule has 0 aliphatic carbocycles. The van der Waals surface area contributed by atoms with E-state index in [9.17, 15) is 17.4 Å². The molecule has 0 bridgehead atoms. The van der Waals surface area contributed by atoms with Crippen LogP contribution < -0.4 is 0 Å². The lowest BCUT2D eigenvalue weighted by Gasteiger charge is -2.39. The van der Waals surface area contributed by atoms with E-state index in [-0.39, 0.29) is 26.2 Å². The number of carbonyl (C=O) groups is 1. The highest BCUT2D eigenvalue weighted by atomic mass is 32.2. The third-order valence-electron chi connectivity index (χ3n) is 2.96. The Morgan fingerprint density at radius 1 is 1.32 bits per heavy atom. The normalized spacial score (nSPS) is 22.4. The van der Waals surface area contributed by atoms with Crippen molar-refractivity contribution >= 4 is 27.2 Å². The van der Waals surface area contributed by atoms with Crippen molar-refractivity contribution in [2.24, 2.45) is 0 Å². The fraction of sp³-hybridized carbons (Fsp3) is 0.917. The van der Waals surface area contributed by atoms with Gasteiger partial charge in [-0.3, -0.25) is 0 Å². The molecule has 0 aromatic rings. The Kier molecular flexibility index (Phi) is 6.36. The number of sulfonamides is 1. The van der Waals surface area contributed by atoms with Crippen molar-refractivity contribution in [1.82, 2.24) is 9.21 Å². The number of rotatable bonds is 4. The lowest BCUT2D eigenvalue weighted by atomic mass is 10.2. The second-order valence-electron chi connectivity index (χ2n) is 6.19. The van der Waals surface area contributed by atoms with Gasteiger partial charge in [0.1, 0.15) is 18.5 Å². The number of ether oxygens (including phenoxy) is 1. The molecule has 2 atom stereocenters. The van der Waals surface area contributed by atoms with E-state index in [1.807, 2.05) is 0 Å². The molecule has 0 radical (unpaired) electrons. The maximum absolute atomic E-state index is 12.1. The van der Waals surface area contributed by atoms with Gasteiger partial charge in [-0.15, -0.1) is 0 Å². The summed E-state index contributed by atoms with van der Waals surface area (Å²) >= 11 is -1.84. The average molecular weight is 357 g/mol. The maximum atomic E-state index is 12.1. The summed E-state index contributed by atoms with van der Waals surface area (Å²) in [6.45, 7) is 5.81. The number of hydrogen-bond acceptors (Lipinski definition) is 6. The van der Waals surface area contributed by atoms with Gasteiger partial charge in [0.25, 0.3) is 0 Å². The Morgan fingerprint density at radius 3 is 2.36 bits per heavy atom. The fourth-order valence-corrected chi connectivity index (χ4v) is 3.56. The Labute approximate surface area is 134 Å². The van der Waals surface area contributed by atoms with E-state index in [4.69, 9.17) is 8.92 Å². The van der Waals surface area contributed by atoms with Crippen molar-refractivity contribution in [2.75, 3.05) is 38.8 Å². The zero-order valence-electron chi connectivity index (χ0n) is 13.6. The third kappa shape index (κ3) is 6.19. The molecule has 1 saturated heterocycles. The van der Waals surface area contributed by atoms with Crippen molar-refractivity contribution in [1.29, 1.82) is 0 Å². The minimum Gasteiger partial charge on any atom is -0.444 e. The van der Waals surface area contributed by atoms with E-state index in [0.717, 1.165) is 6.26 Å². The average Bonchev–Trinajstić information content (AvgIpc) is 2.32. The molecule has 22 heavy (non-hydrogen) atoms. The van der Waals surface area contributed by atoms with Crippen LogP contribution in [0.3, 0.4) is 0 Å². The molecule has 1 rings (SSSR count). The first-order valence-electron chi connectivity index (χ1n) is 6.88. The number of carbonyl (C=O) groups excluding carboxylic acids is 1. The van der Waals surface area contributed by atoms with Crippen molar-refractivity contribution in [2.45, 2.75) is 32.4 Å². The van der Waals surface area contributed by atoms with Crippen LogP contribution in [-0.4, -0.2) is 74.1 Å². The van der Waals surface area contributed by atoms with Gasteiger partial charge in [-0.05, 0) is 20.8 Å². The van der Waals surface area contributed by atoms with E-state index in [0.29, 0.717) is 0 Å².